The normalized spacial score (nSPS) is 12.7. The number of aryl methyl sites for hydroxylation is 1. The number of rotatable bonds is 2. The number of aromatic nitrogens is 2. The van der Waals surface area contributed by atoms with E-state index in [0.717, 1.165) is 0 Å². The summed E-state index contributed by atoms with van der Waals surface area (Å²) in [6.07, 6.45) is 4.97. The Balaban J connectivity index is 3.01. The van der Waals surface area contributed by atoms with Gasteiger partial charge in [-0.05, 0) is 6.92 Å². The van der Waals surface area contributed by atoms with Gasteiger partial charge in [-0.1, -0.05) is 17.7 Å². The van der Waals surface area contributed by atoms with Crippen LogP contribution in [0.25, 0.3) is 0 Å². The van der Waals surface area contributed by atoms with Crippen molar-refractivity contribution in [2.24, 2.45) is 12.0 Å². The molecule has 0 radical (unpaired) electrons. The molecule has 0 spiro atoms. The lowest BCUT2D eigenvalue weighted by Crippen LogP contribution is -2.01. The molecule has 0 aliphatic rings. The van der Waals surface area contributed by atoms with Gasteiger partial charge in [0.05, 0.1) is 6.33 Å². The number of hydrogen-bond acceptors (Lipinski definition) is 3. The number of halogens is 1. The molecule has 1 rings (SSSR count). The first-order valence-electron chi connectivity index (χ1n) is 3.78. The van der Waals surface area contributed by atoms with Crippen LogP contribution in [0.4, 0.5) is 5.82 Å². The molecule has 0 aromatic carbocycles. The molecule has 13 heavy (non-hydrogen) atoms. The van der Waals surface area contributed by atoms with E-state index < -0.39 is 0 Å². The van der Waals surface area contributed by atoms with Crippen molar-refractivity contribution in [3.63, 3.8) is 0 Å². The fourth-order valence-electron chi connectivity index (χ4n) is 0.800. The molecule has 0 unspecified atom stereocenters. The van der Waals surface area contributed by atoms with Crippen molar-refractivity contribution in [3.05, 3.63) is 24.3 Å². The van der Waals surface area contributed by atoms with E-state index in [1.807, 2.05) is 6.92 Å². The van der Waals surface area contributed by atoms with Gasteiger partial charge in [-0.15, -0.1) is 0 Å². The molecule has 4 nitrogen and oxygen atoms in total. The number of nitrogen functional groups attached to an aromatic ring is 1. The molecule has 0 bridgehead atoms. The first kappa shape index (κ1) is 9.80. The topological polar surface area (TPSA) is 56.2 Å². The maximum Gasteiger partial charge on any atom is 0.158 e. The predicted molar refractivity (Wildman–Crippen MR) is 54.8 cm³/mol. The minimum absolute atomic E-state index is 0.302. The maximum absolute atomic E-state index is 5.85. The standard InChI is InChI=1S/C8H11ClN4/c1-3-4-11-7(9)6-8(10)13(2)5-12-6/h3-5H,10H2,1-2H3/b4-3-,11-7?. The second-order valence-corrected chi connectivity index (χ2v) is 2.85. The largest absolute Gasteiger partial charge is 0.383 e. The second kappa shape index (κ2) is 4.09. The molecule has 1 heterocycles. The van der Waals surface area contributed by atoms with Gasteiger partial charge in [0.2, 0.25) is 0 Å². The van der Waals surface area contributed by atoms with E-state index in [1.54, 1.807) is 30.2 Å². The molecule has 1 aromatic rings. The number of anilines is 1. The molecular weight excluding hydrogens is 188 g/mol. The minimum Gasteiger partial charge on any atom is -0.383 e. The molecule has 2 N–H and O–H groups in total. The van der Waals surface area contributed by atoms with Gasteiger partial charge < -0.3 is 10.3 Å². The average molecular weight is 199 g/mol. The van der Waals surface area contributed by atoms with Crippen LogP contribution in [0, 0.1) is 0 Å². The number of aliphatic imine (C=N–C) groups is 1. The van der Waals surface area contributed by atoms with Crippen LogP contribution in [0.1, 0.15) is 12.6 Å². The highest BCUT2D eigenvalue weighted by Gasteiger charge is 2.08. The predicted octanol–water partition coefficient (Wildman–Crippen LogP) is 1.52. The molecule has 1 aromatic heterocycles. The van der Waals surface area contributed by atoms with E-state index in [9.17, 15) is 0 Å². The molecule has 0 saturated heterocycles. The molecule has 70 valence electrons. The molecule has 0 aliphatic heterocycles. The SMILES string of the molecule is C/C=C\N=C(Cl)c1ncn(C)c1N. The zero-order valence-electron chi connectivity index (χ0n) is 7.53. The summed E-state index contributed by atoms with van der Waals surface area (Å²) in [4.78, 5) is 7.94. The molecule has 0 atom stereocenters. The number of nitrogens with two attached hydrogens (primary N) is 1. The van der Waals surface area contributed by atoms with Gasteiger partial charge in [0.1, 0.15) is 11.5 Å². The molecule has 0 aliphatic carbocycles. The van der Waals surface area contributed by atoms with Crippen LogP contribution in [-0.4, -0.2) is 14.7 Å². The zero-order valence-corrected chi connectivity index (χ0v) is 8.28. The molecule has 5 heteroatoms. The summed E-state index contributed by atoms with van der Waals surface area (Å²) in [6, 6.07) is 0. The van der Waals surface area contributed by atoms with E-state index in [4.69, 9.17) is 17.3 Å². The van der Waals surface area contributed by atoms with Gasteiger partial charge in [-0.2, -0.15) is 0 Å². The Kier molecular flexibility index (Phi) is 3.08. The highest BCUT2D eigenvalue weighted by atomic mass is 35.5. The van der Waals surface area contributed by atoms with Gasteiger partial charge >= 0.3 is 0 Å². The number of hydrogen-bond donors (Lipinski definition) is 1. The van der Waals surface area contributed by atoms with Gasteiger partial charge in [-0.25, -0.2) is 9.98 Å². The van der Waals surface area contributed by atoms with E-state index in [1.165, 1.54) is 0 Å². The third-order valence-corrected chi connectivity index (χ3v) is 1.79. The molecular formula is C8H11ClN4. The van der Waals surface area contributed by atoms with Crippen LogP contribution < -0.4 is 5.73 Å². The summed E-state index contributed by atoms with van der Waals surface area (Å²) in [5.74, 6) is 0.512. The second-order valence-electron chi connectivity index (χ2n) is 2.49. The Hall–Kier alpha value is -1.29. The van der Waals surface area contributed by atoms with Crippen LogP contribution in [-0.2, 0) is 7.05 Å². The van der Waals surface area contributed by atoms with E-state index in [-0.39, 0.29) is 0 Å². The van der Waals surface area contributed by atoms with Gasteiger partial charge in [-0.3, -0.25) is 0 Å². The van der Waals surface area contributed by atoms with Crippen molar-refractivity contribution < 1.29 is 0 Å². The number of allylic oxidation sites excluding steroid dienone is 1. The van der Waals surface area contributed by atoms with Crippen molar-refractivity contribution in [2.75, 3.05) is 5.73 Å². The summed E-state index contributed by atoms with van der Waals surface area (Å²) in [7, 11) is 1.80. The minimum atomic E-state index is 0.302. The first-order valence-corrected chi connectivity index (χ1v) is 4.16. The van der Waals surface area contributed by atoms with Crippen molar-refractivity contribution >= 4 is 22.6 Å². The quantitative estimate of drug-likeness (QED) is 0.733. The summed E-state index contributed by atoms with van der Waals surface area (Å²) < 4.78 is 1.68. The van der Waals surface area contributed by atoms with Gasteiger partial charge in [0.25, 0.3) is 0 Å². The molecule has 0 amide bonds. The fraction of sp³-hybridized carbons (Fsp3) is 0.250. The van der Waals surface area contributed by atoms with Crippen molar-refractivity contribution in [1.29, 1.82) is 0 Å². The monoisotopic (exact) mass is 198 g/mol. The van der Waals surface area contributed by atoms with Crippen LogP contribution in [0.15, 0.2) is 23.6 Å². The van der Waals surface area contributed by atoms with Crippen molar-refractivity contribution in [2.45, 2.75) is 6.92 Å². The highest BCUT2D eigenvalue weighted by Crippen LogP contribution is 2.11. The summed E-state index contributed by atoms with van der Waals surface area (Å²) in [6.45, 7) is 1.86. The number of imidazole rings is 1. The Morgan fingerprint density at radius 1 is 1.77 bits per heavy atom. The average Bonchev–Trinajstić information content (AvgIpc) is 2.44. The Labute approximate surface area is 81.7 Å². The van der Waals surface area contributed by atoms with E-state index in [0.29, 0.717) is 16.7 Å². The van der Waals surface area contributed by atoms with Crippen molar-refractivity contribution in [1.82, 2.24) is 9.55 Å². The maximum atomic E-state index is 5.85. The third kappa shape index (κ3) is 2.09. The number of nitrogens with zero attached hydrogens (tertiary/aromatic N) is 3. The molecule has 0 fully saturated rings. The highest BCUT2D eigenvalue weighted by molar-refractivity contribution is 6.69. The Bertz CT molecular complexity index is 351. The first-order chi connectivity index (χ1) is 6.16. The zero-order chi connectivity index (χ0) is 9.84. The van der Waals surface area contributed by atoms with Gasteiger partial charge in [0.15, 0.2) is 5.17 Å². The van der Waals surface area contributed by atoms with E-state index in [2.05, 4.69) is 9.98 Å². The summed E-state index contributed by atoms with van der Waals surface area (Å²) in [5, 5.41) is 0.302. The van der Waals surface area contributed by atoms with Crippen LogP contribution in [0.5, 0.6) is 0 Å². The smallest absolute Gasteiger partial charge is 0.158 e. The summed E-state index contributed by atoms with van der Waals surface area (Å²) >= 11 is 5.85. The van der Waals surface area contributed by atoms with Crippen LogP contribution >= 0.6 is 11.6 Å². The lowest BCUT2D eigenvalue weighted by Gasteiger charge is -1.95. The van der Waals surface area contributed by atoms with Crippen molar-refractivity contribution in [3.8, 4) is 0 Å². The lowest BCUT2D eigenvalue weighted by atomic mass is 10.4. The Morgan fingerprint density at radius 3 is 2.92 bits per heavy atom. The summed E-state index contributed by atoms with van der Waals surface area (Å²) in [5.41, 5.74) is 6.20. The van der Waals surface area contributed by atoms with Crippen LogP contribution in [0.3, 0.4) is 0 Å². The van der Waals surface area contributed by atoms with E-state index >= 15 is 0 Å². The molecule has 0 saturated carbocycles. The van der Waals surface area contributed by atoms with Gasteiger partial charge in [0, 0.05) is 13.2 Å². The Morgan fingerprint density at radius 2 is 2.46 bits per heavy atom. The van der Waals surface area contributed by atoms with Crippen LogP contribution in [0.2, 0.25) is 0 Å². The third-order valence-electron chi connectivity index (χ3n) is 1.52. The fourth-order valence-corrected chi connectivity index (χ4v) is 1.00. The lowest BCUT2D eigenvalue weighted by molar-refractivity contribution is 0.925.